The molecule has 3 heteroatoms. The highest BCUT2D eigenvalue weighted by Gasteiger charge is 2.13. The fourth-order valence-electron chi connectivity index (χ4n) is 3.14. The van der Waals surface area contributed by atoms with Crippen LogP contribution in [-0.4, -0.2) is 18.7 Å². The van der Waals surface area contributed by atoms with E-state index in [0.29, 0.717) is 18.9 Å². The number of hydrogen-bond donors (Lipinski definition) is 0. The molecule has 2 rings (SSSR count). The number of carbonyl (C=O) groups excluding carboxylic acids is 1. The first-order chi connectivity index (χ1) is 14.0. The maximum Gasteiger partial charge on any atom is 0.306 e. The molecule has 0 amide bonds. The molecular weight excluding hydrogens is 360 g/mol. The fraction of sp³-hybridized carbons (Fsp3) is 0.500. The van der Waals surface area contributed by atoms with Crippen LogP contribution < -0.4 is 4.74 Å². The molecule has 0 bridgehead atoms. The first-order valence-corrected chi connectivity index (χ1v) is 11.0. The van der Waals surface area contributed by atoms with E-state index in [0.717, 1.165) is 18.6 Å². The number of esters is 1. The number of rotatable bonds is 12. The average Bonchev–Trinajstić information content (AvgIpc) is 2.73. The summed E-state index contributed by atoms with van der Waals surface area (Å²) in [6.45, 7) is 8.60. The van der Waals surface area contributed by atoms with Crippen LogP contribution in [0.25, 0.3) is 11.1 Å². The van der Waals surface area contributed by atoms with Crippen LogP contribution in [0.1, 0.15) is 65.4 Å². The molecule has 0 saturated heterocycles. The van der Waals surface area contributed by atoms with E-state index in [4.69, 9.17) is 9.47 Å². The minimum Gasteiger partial charge on any atom is -0.490 e. The zero-order chi connectivity index (χ0) is 21.1. The Hall–Kier alpha value is -2.29. The monoisotopic (exact) mass is 396 g/mol. The molecular formula is C26H36O3. The van der Waals surface area contributed by atoms with Crippen molar-refractivity contribution >= 4 is 5.97 Å². The van der Waals surface area contributed by atoms with Gasteiger partial charge in [-0.15, -0.1) is 0 Å². The first-order valence-electron chi connectivity index (χ1n) is 11.0. The van der Waals surface area contributed by atoms with Crippen molar-refractivity contribution in [1.29, 1.82) is 0 Å². The van der Waals surface area contributed by atoms with E-state index in [1.807, 2.05) is 19.1 Å². The summed E-state index contributed by atoms with van der Waals surface area (Å²) in [6.07, 6.45) is 6.14. The second-order valence-electron chi connectivity index (χ2n) is 8.01. The van der Waals surface area contributed by atoms with Crippen molar-refractivity contribution in [3.63, 3.8) is 0 Å². The van der Waals surface area contributed by atoms with Gasteiger partial charge in [0.05, 0.1) is 0 Å². The lowest BCUT2D eigenvalue weighted by Crippen LogP contribution is -2.22. The van der Waals surface area contributed by atoms with Crippen LogP contribution in [0.4, 0.5) is 0 Å². The molecule has 3 nitrogen and oxygen atoms in total. The van der Waals surface area contributed by atoms with Gasteiger partial charge < -0.3 is 9.47 Å². The van der Waals surface area contributed by atoms with Crippen LogP contribution in [0.5, 0.6) is 5.75 Å². The molecule has 2 atom stereocenters. The van der Waals surface area contributed by atoms with Crippen molar-refractivity contribution in [3.05, 3.63) is 54.1 Å². The molecule has 0 radical (unpaired) electrons. The SMILES string of the molecule is CCCCCc1ccc(-c2ccc(OCC(C)OC(=O)CC(C)CC)cc2)cc1. The van der Waals surface area contributed by atoms with Crippen LogP contribution in [0.3, 0.4) is 0 Å². The molecule has 0 aliphatic heterocycles. The topological polar surface area (TPSA) is 35.5 Å². The Morgan fingerprint density at radius 2 is 1.52 bits per heavy atom. The zero-order valence-corrected chi connectivity index (χ0v) is 18.4. The second kappa shape index (κ2) is 12.3. The molecule has 0 heterocycles. The maximum atomic E-state index is 11.9. The van der Waals surface area contributed by atoms with E-state index in [1.165, 1.54) is 36.0 Å². The van der Waals surface area contributed by atoms with Crippen LogP contribution in [-0.2, 0) is 16.0 Å². The smallest absolute Gasteiger partial charge is 0.306 e. The molecule has 0 aliphatic carbocycles. The predicted octanol–water partition coefficient (Wildman–Crippen LogP) is 6.83. The van der Waals surface area contributed by atoms with E-state index in [2.05, 4.69) is 57.2 Å². The highest BCUT2D eigenvalue weighted by atomic mass is 16.6. The number of benzene rings is 2. The van der Waals surface area contributed by atoms with Crippen LogP contribution in [0.2, 0.25) is 0 Å². The molecule has 0 fully saturated rings. The van der Waals surface area contributed by atoms with Gasteiger partial charge in [0, 0.05) is 6.42 Å². The molecule has 158 valence electrons. The normalized spacial score (nSPS) is 13.0. The van der Waals surface area contributed by atoms with Crippen molar-refractivity contribution in [1.82, 2.24) is 0 Å². The van der Waals surface area contributed by atoms with Gasteiger partial charge in [0.1, 0.15) is 18.5 Å². The lowest BCUT2D eigenvalue weighted by molar-refractivity contribution is -0.150. The summed E-state index contributed by atoms with van der Waals surface area (Å²) >= 11 is 0. The first kappa shape index (κ1) is 23.0. The zero-order valence-electron chi connectivity index (χ0n) is 18.4. The molecule has 2 unspecified atom stereocenters. The van der Waals surface area contributed by atoms with Crippen molar-refractivity contribution in [2.45, 2.75) is 72.3 Å². The Morgan fingerprint density at radius 1 is 0.897 bits per heavy atom. The number of carbonyl (C=O) groups is 1. The summed E-state index contributed by atoms with van der Waals surface area (Å²) in [6, 6.07) is 16.9. The van der Waals surface area contributed by atoms with Gasteiger partial charge in [-0.2, -0.15) is 0 Å². The highest BCUT2D eigenvalue weighted by molar-refractivity contribution is 5.69. The van der Waals surface area contributed by atoms with Crippen LogP contribution in [0, 0.1) is 5.92 Å². The molecule has 0 spiro atoms. The summed E-state index contributed by atoms with van der Waals surface area (Å²) in [7, 11) is 0. The molecule has 0 N–H and O–H groups in total. The van der Waals surface area contributed by atoms with Gasteiger partial charge in [-0.1, -0.05) is 76.4 Å². The quantitative estimate of drug-likeness (QED) is 0.291. The Kier molecular flexibility index (Phi) is 9.76. The Morgan fingerprint density at radius 3 is 2.10 bits per heavy atom. The fourth-order valence-corrected chi connectivity index (χ4v) is 3.14. The average molecular weight is 397 g/mol. The van der Waals surface area contributed by atoms with Gasteiger partial charge in [0.15, 0.2) is 0 Å². The van der Waals surface area contributed by atoms with Crippen molar-refractivity contribution in [2.24, 2.45) is 5.92 Å². The van der Waals surface area contributed by atoms with E-state index >= 15 is 0 Å². The lowest BCUT2D eigenvalue weighted by atomic mass is 10.0. The summed E-state index contributed by atoms with van der Waals surface area (Å²) in [5.41, 5.74) is 3.78. The third kappa shape index (κ3) is 8.31. The third-order valence-electron chi connectivity index (χ3n) is 5.24. The Bertz CT molecular complexity index is 719. The molecule has 2 aromatic rings. The Labute approximate surface area is 176 Å². The van der Waals surface area contributed by atoms with E-state index in [-0.39, 0.29) is 12.1 Å². The number of unbranched alkanes of at least 4 members (excludes halogenated alkanes) is 2. The van der Waals surface area contributed by atoms with E-state index < -0.39 is 0 Å². The largest absolute Gasteiger partial charge is 0.490 e. The van der Waals surface area contributed by atoms with E-state index in [1.54, 1.807) is 0 Å². The van der Waals surface area contributed by atoms with Crippen molar-refractivity contribution in [3.8, 4) is 16.9 Å². The summed E-state index contributed by atoms with van der Waals surface area (Å²) in [5.74, 6) is 0.993. The van der Waals surface area contributed by atoms with Crippen LogP contribution >= 0.6 is 0 Å². The minimum atomic E-state index is -0.258. The molecule has 0 saturated carbocycles. The van der Waals surface area contributed by atoms with Crippen LogP contribution in [0.15, 0.2) is 48.5 Å². The number of hydrogen-bond acceptors (Lipinski definition) is 3. The number of aryl methyl sites for hydroxylation is 1. The van der Waals surface area contributed by atoms with Gasteiger partial charge in [0.25, 0.3) is 0 Å². The Balaban J connectivity index is 1.81. The molecule has 0 aliphatic rings. The van der Waals surface area contributed by atoms with Gasteiger partial charge in [-0.05, 0) is 54.5 Å². The van der Waals surface area contributed by atoms with Gasteiger partial charge in [0.2, 0.25) is 0 Å². The third-order valence-corrected chi connectivity index (χ3v) is 5.24. The minimum absolute atomic E-state index is 0.149. The lowest BCUT2D eigenvalue weighted by Gasteiger charge is -2.16. The summed E-state index contributed by atoms with van der Waals surface area (Å²) in [5, 5.41) is 0. The van der Waals surface area contributed by atoms with Crippen molar-refractivity contribution in [2.75, 3.05) is 6.61 Å². The van der Waals surface area contributed by atoms with Gasteiger partial charge >= 0.3 is 5.97 Å². The standard InChI is InChI=1S/C26H36O3/c1-5-7-8-9-22-10-12-23(13-11-22)24-14-16-25(17-15-24)28-19-21(4)29-26(27)18-20(3)6-2/h10-17,20-21H,5-9,18-19H2,1-4H3. The molecule has 2 aromatic carbocycles. The summed E-state index contributed by atoms with van der Waals surface area (Å²) < 4.78 is 11.2. The summed E-state index contributed by atoms with van der Waals surface area (Å²) in [4.78, 5) is 11.9. The highest BCUT2D eigenvalue weighted by Crippen LogP contribution is 2.23. The predicted molar refractivity (Wildman–Crippen MR) is 120 cm³/mol. The maximum absolute atomic E-state index is 11.9. The van der Waals surface area contributed by atoms with Crippen molar-refractivity contribution < 1.29 is 14.3 Å². The molecule has 29 heavy (non-hydrogen) atoms. The second-order valence-corrected chi connectivity index (χ2v) is 8.01. The number of ether oxygens (including phenoxy) is 2. The van der Waals surface area contributed by atoms with Gasteiger partial charge in [-0.3, -0.25) is 4.79 Å². The van der Waals surface area contributed by atoms with Gasteiger partial charge in [-0.25, -0.2) is 0 Å². The van der Waals surface area contributed by atoms with E-state index in [9.17, 15) is 4.79 Å². The molecule has 0 aromatic heterocycles.